The maximum absolute atomic E-state index is 13.0. The van der Waals surface area contributed by atoms with Crippen LogP contribution in [0.15, 0.2) is 72.4 Å². The van der Waals surface area contributed by atoms with E-state index in [1.807, 2.05) is 0 Å². The van der Waals surface area contributed by atoms with E-state index >= 15 is 0 Å². The smallest absolute Gasteiger partial charge is 0.272 e. The number of nitro groups is 2. The van der Waals surface area contributed by atoms with Crippen LogP contribution in [0.2, 0.25) is 5.02 Å². The predicted molar refractivity (Wildman–Crippen MR) is 128 cm³/mol. The maximum atomic E-state index is 13.0. The van der Waals surface area contributed by atoms with Gasteiger partial charge in [0.1, 0.15) is 11.4 Å². The van der Waals surface area contributed by atoms with Gasteiger partial charge in [0, 0.05) is 30.0 Å². The van der Waals surface area contributed by atoms with Gasteiger partial charge in [0.05, 0.1) is 27.5 Å². The number of benzene rings is 3. The van der Waals surface area contributed by atoms with Crippen molar-refractivity contribution >= 4 is 46.6 Å². The van der Waals surface area contributed by atoms with Crippen LogP contribution in [0.3, 0.4) is 0 Å². The second-order valence-electron chi connectivity index (χ2n) is 6.97. The number of anilines is 1. The third kappa shape index (κ3) is 6.39. The molecule has 11 nitrogen and oxygen atoms in total. The molecule has 0 spiro atoms. The molecule has 0 radical (unpaired) electrons. The van der Waals surface area contributed by atoms with Gasteiger partial charge in [-0.25, -0.2) is 0 Å². The summed E-state index contributed by atoms with van der Waals surface area (Å²) >= 11 is 6.16. The summed E-state index contributed by atoms with van der Waals surface area (Å²) in [7, 11) is 1.43. The normalized spacial score (nSPS) is 10.9. The monoisotopic (exact) mass is 496 g/mol. The lowest BCUT2D eigenvalue weighted by Crippen LogP contribution is -2.31. The van der Waals surface area contributed by atoms with E-state index in [0.717, 1.165) is 6.07 Å². The van der Waals surface area contributed by atoms with Crippen LogP contribution in [0, 0.1) is 20.2 Å². The molecule has 3 aromatic rings. The average molecular weight is 497 g/mol. The minimum absolute atomic E-state index is 0.0422. The van der Waals surface area contributed by atoms with E-state index in [4.69, 9.17) is 16.3 Å². The van der Waals surface area contributed by atoms with E-state index in [0.29, 0.717) is 5.75 Å². The van der Waals surface area contributed by atoms with Gasteiger partial charge < -0.3 is 15.4 Å². The fourth-order valence-corrected chi connectivity index (χ4v) is 3.20. The first-order valence-electron chi connectivity index (χ1n) is 9.85. The number of methoxy groups -OCH3 is 1. The number of amides is 2. The number of nitrogens with zero attached hydrogens (tertiary/aromatic N) is 2. The van der Waals surface area contributed by atoms with Crippen molar-refractivity contribution in [3.05, 3.63) is 109 Å². The average Bonchev–Trinajstić information content (AvgIpc) is 2.83. The summed E-state index contributed by atoms with van der Waals surface area (Å²) in [4.78, 5) is 46.8. The fraction of sp³-hybridized carbons (Fsp3) is 0.0435. The van der Waals surface area contributed by atoms with Crippen molar-refractivity contribution in [1.82, 2.24) is 5.32 Å². The Hall–Kier alpha value is -4.77. The van der Waals surface area contributed by atoms with Crippen molar-refractivity contribution in [2.24, 2.45) is 0 Å². The Morgan fingerprint density at radius 3 is 2.23 bits per heavy atom. The number of nitrogens with one attached hydrogen (secondary N) is 2. The maximum Gasteiger partial charge on any atom is 0.272 e. The largest absolute Gasteiger partial charge is 0.497 e. The van der Waals surface area contributed by atoms with Crippen molar-refractivity contribution in [1.29, 1.82) is 0 Å². The number of carbonyl (C=O) groups is 2. The van der Waals surface area contributed by atoms with E-state index in [9.17, 15) is 29.8 Å². The first-order valence-corrected chi connectivity index (χ1v) is 10.2. The predicted octanol–water partition coefficient (Wildman–Crippen LogP) is 4.57. The van der Waals surface area contributed by atoms with E-state index in [2.05, 4.69) is 10.6 Å². The summed E-state index contributed by atoms with van der Waals surface area (Å²) in [6, 6.07) is 14.9. The fourth-order valence-electron chi connectivity index (χ4n) is 2.95. The van der Waals surface area contributed by atoms with Gasteiger partial charge in [-0.3, -0.25) is 29.8 Å². The molecule has 2 N–H and O–H groups in total. The number of halogens is 1. The van der Waals surface area contributed by atoms with Gasteiger partial charge in [0.15, 0.2) is 0 Å². The van der Waals surface area contributed by atoms with E-state index < -0.39 is 21.7 Å². The Labute approximate surface area is 203 Å². The van der Waals surface area contributed by atoms with Crippen LogP contribution in [0.25, 0.3) is 6.08 Å². The van der Waals surface area contributed by atoms with E-state index in [-0.39, 0.29) is 38.9 Å². The number of hydrogen-bond acceptors (Lipinski definition) is 7. The van der Waals surface area contributed by atoms with Crippen molar-refractivity contribution in [2.75, 3.05) is 12.4 Å². The first kappa shape index (κ1) is 24.9. The highest BCUT2D eigenvalue weighted by Crippen LogP contribution is 2.23. The minimum atomic E-state index is -0.824. The molecule has 0 aliphatic rings. The van der Waals surface area contributed by atoms with Crippen molar-refractivity contribution in [3.8, 4) is 5.75 Å². The highest BCUT2D eigenvalue weighted by atomic mass is 35.5. The number of ether oxygens (including phenoxy) is 1. The van der Waals surface area contributed by atoms with Gasteiger partial charge in [0.25, 0.3) is 23.2 Å². The molecule has 2 amide bonds. The lowest BCUT2D eigenvalue weighted by molar-refractivity contribution is -0.385. The second-order valence-corrected chi connectivity index (χ2v) is 7.38. The van der Waals surface area contributed by atoms with Gasteiger partial charge >= 0.3 is 0 Å². The molecule has 0 fully saturated rings. The van der Waals surface area contributed by atoms with Crippen LogP contribution in [0.4, 0.5) is 17.1 Å². The van der Waals surface area contributed by atoms with E-state index in [1.54, 1.807) is 0 Å². The third-order valence-electron chi connectivity index (χ3n) is 4.62. The Bertz CT molecular complexity index is 1360. The number of nitro benzene ring substituents is 2. The number of carbonyl (C=O) groups excluding carboxylic acids is 2. The number of non-ortho nitro benzene ring substituents is 2. The topological polar surface area (TPSA) is 154 Å². The zero-order valence-corrected chi connectivity index (χ0v) is 18.8. The van der Waals surface area contributed by atoms with Crippen LogP contribution >= 0.6 is 11.6 Å². The molecule has 0 heterocycles. The number of rotatable bonds is 8. The quantitative estimate of drug-likeness (QED) is 0.263. The van der Waals surface area contributed by atoms with Gasteiger partial charge in [-0.15, -0.1) is 0 Å². The molecule has 0 aliphatic heterocycles. The van der Waals surface area contributed by atoms with Crippen LogP contribution in [-0.4, -0.2) is 28.8 Å². The standard InChI is InChI=1S/C23H17ClN4O7/c1-35-18-8-9-19(20(24)13-18)22(29)26-21(11-14-4-2-6-16(10-14)27(31)32)23(30)25-15-5-3-7-17(12-15)28(33)34/h2-13H,1H3,(H,25,30)(H,26,29). The van der Waals surface area contributed by atoms with Crippen LogP contribution in [0.5, 0.6) is 5.75 Å². The number of hydrogen-bond donors (Lipinski definition) is 2. The van der Waals surface area contributed by atoms with Crippen LogP contribution in [0.1, 0.15) is 15.9 Å². The molecule has 0 saturated heterocycles. The SMILES string of the molecule is COc1ccc(C(=O)NC(=Cc2cccc([N+](=O)[O-])c2)C(=O)Nc2cccc([N+](=O)[O-])c2)c(Cl)c1. The summed E-state index contributed by atoms with van der Waals surface area (Å²) in [6.07, 6.45) is 1.23. The molecule has 3 rings (SSSR count). The minimum Gasteiger partial charge on any atom is -0.497 e. The van der Waals surface area contributed by atoms with Gasteiger partial charge in [-0.2, -0.15) is 0 Å². The highest BCUT2D eigenvalue weighted by molar-refractivity contribution is 6.34. The Balaban J connectivity index is 1.96. The van der Waals surface area contributed by atoms with Gasteiger partial charge in [-0.05, 0) is 35.9 Å². The molecular weight excluding hydrogens is 480 g/mol. The molecule has 0 atom stereocenters. The van der Waals surface area contributed by atoms with Gasteiger partial charge in [0.2, 0.25) is 0 Å². The zero-order valence-electron chi connectivity index (χ0n) is 18.1. The van der Waals surface area contributed by atoms with Gasteiger partial charge in [-0.1, -0.05) is 29.8 Å². The van der Waals surface area contributed by atoms with Crippen molar-refractivity contribution in [2.45, 2.75) is 0 Å². The molecular formula is C23H17ClN4O7. The first-order chi connectivity index (χ1) is 16.7. The summed E-state index contributed by atoms with van der Waals surface area (Å²) in [5, 5.41) is 27.1. The second kappa shape index (κ2) is 10.9. The lowest BCUT2D eigenvalue weighted by Gasteiger charge is -2.12. The molecule has 35 heavy (non-hydrogen) atoms. The Morgan fingerprint density at radius 1 is 0.943 bits per heavy atom. The molecule has 0 unspecified atom stereocenters. The van der Waals surface area contributed by atoms with Crippen molar-refractivity contribution in [3.63, 3.8) is 0 Å². The Kier molecular flexibility index (Phi) is 7.74. The van der Waals surface area contributed by atoms with E-state index in [1.165, 1.54) is 73.8 Å². The van der Waals surface area contributed by atoms with Crippen LogP contribution < -0.4 is 15.4 Å². The molecule has 0 aliphatic carbocycles. The van der Waals surface area contributed by atoms with Crippen LogP contribution in [-0.2, 0) is 4.79 Å². The lowest BCUT2D eigenvalue weighted by atomic mass is 10.1. The summed E-state index contributed by atoms with van der Waals surface area (Å²) in [5.41, 5.74) is -0.354. The molecule has 0 aromatic heterocycles. The van der Waals surface area contributed by atoms with Crippen molar-refractivity contribution < 1.29 is 24.2 Å². The molecule has 0 saturated carbocycles. The molecule has 3 aromatic carbocycles. The molecule has 0 bridgehead atoms. The molecule has 12 heteroatoms. The summed E-state index contributed by atoms with van der Waals surface area (Å²) in [6.45, 7) is 0. The molecule has 178 valence electrons. The summed E-state index contributed by atoms with van der Waals surface area (Å²) in [5.74, 6) is -1.14. The third-order valence-corrected chi connectivity index (χ3v) is 4.93. The zero-order chi connectivity index (χ0) is 25.5. The Morgan fingerprint density at radius 2 is 1.60 bits per heavy atom. The highest BCUT2D eigenvalue weighted by Gasteiger charge is 2.19. The summed E-state index contributed by atoms with van der Waals surface area (Å²) < 4.78 is 5.06.